The molecule has 0 amide bonds. The molecule has 0 aromatic heterocycles. The van der Waals surface area contributed by atoms with E-state index in [9.17, 15) is 39.8 Å². The van der Waals surface area contributed by atoms with E-state index in [4.69, 9.17) is 37.0 Å². The average Bonchev–Trinajstić information content (AvgIpc) is 3.08. The van der Waals surface area contributed by atoms with Gasteiger partial charge >= 0.3 is 16.5 Å². The second-order valence-electron chi connectivity index (χ2n) is 13.0. The fraction of sp³-hybridized carbons (Fsp3) is 1.00. The Balaban J connectivity index is 1.52. The van der Waals surface area contributed by atoms with Crippen LogP contribution in [0, 0.1) is 17.8 Å². The highest BCUT2D eigenvalue weighted by Gasteiger charge is 2.43. The van der Waals surface area contributed by atoms with Crippen LogP contribution in [0.3, 0.4) is 0 Å². The Labute approximate surface area is 291 Å². The van der Waals surface area contributed by atoms with Gasteiger partial charge in [0, 0.05) is 46.7 Å². The molecule has 0 radical (unpaired) electrons. The molecule has 1 aliphatic carbocycles. The van der Waals surface area contributed by atoms with Crippen molar-refractivity contribution in [2.75, 3.05) is 52.9 Å². The van der Waals surface area contributed by atoms with Gasteiger partial charge in [-0.3, -0.25) is 0 Å². The molecule has 2 fully saturated rings. The first-order valence-corrected chi connectivity index (χ1v) is 19.5. The highest BCUT2D eigenvalue weighted by atomic mass is 31.1. The molecule has 18 heteroatoms. The van der Waals surface area contributed by atoms with E-state index in [-0.39, 0.29) is 51.2 Å². The summed E-state index contributed by atoms with van der Waals surface area (Å²) in [4.78, 5) is 0. The molecule has 288 valence electrons. The molecule has 1 saturated heterocycles. The Morgan fingerprint density at radius 2 is 1.20 bits per heavy atom. The molecule has 49 heavy (non-hydrogen) atoms. The highest BCUT2D eigenvalue weighted by Crippen LogP contribution is 2.32. The average molecular weight is 751 g/mol. The van der Waals surface area contributed by atoms with Crippen molar-refractivity contribution in [2.45, 2.75) is 128 Å². The lowest BCUT2D eigenvalue weighted by Gasteiger charge is -2.40. The van der Waals surface area contributed by atoms with Gasteiger partial charge in [-0.1, -0.05) is 13.8 Å². The molecule has 0 aromatic rings. The van der Waals surface area contributed by atoms with Crippen molar-refractivity contribution < 1.29 is 76.8 Å². The van der Waals surface area contributed by atoms with E-state index in [1.165, 1.54) is 0 Å². The molecule has 0 aromatic carbocycles. The van der Waals surface area contributed by atoms with Gasteiger partial charge in [0.25, 0.3) is 0 Å². The van der Waals surface area contributed by atoms with Crippen LogP contribution in [0.25, 0.3) is 0 Å². The van der Waals surface area contributed by atoms with E-state index in [1.54, 1.807) is 6.92 Å². The fourth-order valence-corrected chi connectivity index (χ4v) is 6.90. The zero-order valence-electron chi connectivity index (χ0n) is 29.2. The van der Waals surface area contributed by atoms with Gasteiger partial charge in [0.05, 0.1) is 37.1 Å². The summed E-state index contributed by atoms with van der Waals surface area (Å²) < 4.78 is 68.4. The Bertz CT molecular complexity index is 849. The molecule has 2 rings (SSSR count). The van der Waals surface area contributed by atoms with E-state index in [0.29, 0.717) is 45.3 Å². The smallest absolute Gasteiger partial charge is 0.396 e. The minimum Gasteiger partial charge on any atom is -0.396 e. The summed E-state index contributed by atoms with van der Waals surface area (Å²) in [5.41, 5.74) is 0. The predicted octanol–water partition coefficient (Wildman–Crippen LogP) is 2.35. The van der Waals surface area contributed by atoms with Gasteiger partial charge in [0.1, 0.15) is 44.7 Å². The largest absolute Gasteiger partial charge is 0.697 e. The van der Waals surface area contributed by atoms with Crippen molar-refractivity contribution in [1.29, 1.82) is 0 Å². The first-order valence-electron chi connectivity index (χ1n) is 17.3. The SMILES string of the molecule is CC(C)OC(CO[P+](=O)OCCCCCOC1CC(CO)C(O)C(O)C1C)CO[P+](=O)OCCCCCOC1OC(CO)C(O)C(O)C1C. The number of rotatable bonds is 26. The second-order valence-corrected chi connectivity index (χ2v) is 14.9. The topological polar surface area (TPSA) is 229 Å². The van der Waals surface area contributed by atoms with Gasteiger partial charge in [-0.25, -0.2) is 0 Å². The zero-order chi connectivity index (χ0) is 36.3. The number of unbranched alkanes of at least 4 members (excludes halogenated alkanes) is 4. The maximum Gasteiger partial charge on any atom is 0.697 e. The normalized spacial score (nSPS) is 32.0. The van der Waals surface area contributed by atoms with E-state index in [1.807, 2.05) is 20.8 Å². The summed E-state index contributed by atoms with van der Waals surface area (Å²) in [5, 5.41) is 59.0. The highest BCUT2D eigenvalue weighted by molar-refractivity contribution is 7.33. The molecule has 1 aliphatic heterocycles. The van der Waals surface area contributed by atoms with Crippen molar-refractivity contribution in [3.8, 4) is 0 Å². The van der Waals surface area contributed by atoms with Crippen LogP contribution >= 0.6 is 16.5 Å². The van der Waals surface area contributed by atoms with Gasteiger partial charge in [-0.15, -0.1) is 18.1 Å². The summed E-state index contributed by atoms with van der Waals surface area (Å²) in [6.45, 7) is 7.52. The van der Waals surface area contributed by atoms with Crippen LogP contribution in [0.2, 0.25) is 0 Å². The van der Waals surface area contributed by atoms with Gasteiger partial charge in [0.2, 0.25) is 0 Å². The second kappa shape index (κ2) is 24.8. The number of aliphatic hydroxyl groups excluding tert-OH is 6. The third-order valence-corrected chi connectivity index (χ3v) is 10.2. The predicted molar refractivity (Wildman–Crippen MR) is 176 cm³/mol. The third-order valence-electron chi connectivity index (χ3n) is 8.70. The standard InChI is InChI=1S/C31H60O16P2/c1-20(2)46-24(18-44-48(38)42-13-9-5-7-11-40-25-15-23(16-32)29(36)27(34)21(25)3)19-45-49(39)43-14-10-6-8-12-41-31-22(4)28(35)30(37)26(17-33)47-31/h20-37H,5-19H2,1-4H3/q+2. The minimum absolute atomic E-state index is 0.0995. The maximum absolute atomic E-state index is 12.2. The molecule has 1 saturated carbocycles. The number of ether oxygens (including phenoxy) is 4. The Kier molecular flexibility index (Phi) is 22.7. The molecule has 13 atom stereocenters. The van der Waals surface area contributed by atoms with Crippen LogP contribution in [-0.2, 0) is 46.2 Å². The van der Waals surface area contributed by atoms with Crippen LogP contribution in [-0.4, -0.2) is 139 Å². The van der Waals surface area contributed by atoms with Gasteiger partial charge in [0.15, 0.2) is 6.29 Å². The van der Waals surface area contributed by atoms with Gasteiger partial charge < -0.3 is 49.6 Å². The van der Waals surface area contributed by atoms with Crippen LogP contribution in [0.4, 0.5) is 0 Å². The first kappa shape index (κ1) is 44.8. The quantitative estimate of drug-likeness (QED) is 0.0551. The summed E-state index contributed by atoms with van der Waals surface area (Å²) in [7, 11) is -4.82. The van der Waals surface area contributed by atoms with E-state index in [0.717, 1.165) is 12.8 Å². The lowest BCUT2D eigenvalue weighted by atomic mass is 9.77. The molecule has 13 unspecified atom stereocenters. The Morgan fingerprint density at radius 3 is 1.73 bits per heavy atom. The first-order chi connectivity index (χ1) is 23.4. The Hall–Kier alpha value is -0.360. The van der Waals surface area contributed by atoms with Crippen molar-refractivity contribution in [3.63, 3.8) is 0 Å². The van der Waals surface area contributed by atoms with Crippen LogP contribution in [0.15, 0.2) is 0 Å². The van der Waals surface area contributed by atoms with E-state index >= 15 is 0 Å². The molecular formula is C31H60O16P2+2. The van der Waals surface area contributed by atoms with Crippen LogP contribution in [0.5, 0.6) is 0 Å². The van der Waals surface area contributed by atoms with Crippen molar-refractivity contribution in [3.05, 3.63) is 0 Å². The summed E-state index contributed by atoms with van der Waals surface area (Å²) in [6.07, 6.45) is -2.32. The van der Waals surface area contributed by atoms with Crippen molar-refractivity contribution >= 4 is 16.5 Å². The van der Waals surface area contributed by atoms with Crippen molar-refractivity contribution in [1.82, 2.24) is 0 Å². The minimum atomic E-state index is -2.41. The maximum atomic E-state index is 12.2. The molecule has 0 bridgehead atoms. The van der Waals surface area contributed by atoms with Crippen molar-refractivity contribution in [2.24, 2.45) is 17.8 Å². The monoisotopic (exact) mass is 750 g/mol. The molecule has 16 nitrogen and oxygen atoms in total. The molecule has 2 aliphatic rings. The molecule has 0 spiro atoms. The third kappa shape index (κ3) is 16.5. The lowest BCUT2D eigenvalue weighted by Crippen LogP contribution is -2.55. The summed E-state index contributed by atoms with van der Waals surface area (Å²) in [6, 6.07) is 0. The molecule has 1 heterocycles. The summed E-state index contributed by atoms with van der Waals surface area (Å²) >= 11 is 0. The van der Waals surface area contributed by atoms with Crippen LogP contribution in [0.1, 0.15) is 72.6 Å². The van der Waals surface area contributed by atoms with E-state index < -0.39 is 77.9 Å². The number of hydrogen-bond donors (Lipinski definition) is 6. The summed E-state index contributed by atoms with van der Waals surface area (Å²) in [5.74, 6) is -1.11. The zero-order valence-corrected chi connectivity index (χ0v) is 31.0. The van der Waals surface area contributed by atoms with Gasteiger partial charge in [-0.2, -0.15) is 0 Å². The number of hydrogen-bond acceptors (Lipinski definition) is 16. The number of aliphatic hydroxyl groups is 6. The van der Waals surface area contributed by atoms with Gasteiger partial charge in [-0.05, 0) is 58.8 Å². The fourth-order valence-electron chi connectivity index (χ4n) is 5.62. The molecule has 6 N–H and O–H groups in total. The van der Waals surface area contributed by atoms with Crippen LogP contribution < -0.4 is 0 Å². The van der Waals surface area contributed by atoms with E-state index in [2.05, 4.69) is 0 Å². The lowest BCUT2D eigenvalue weighted by molar-refractivity contribution is -0.282. The molecular weight excluding hydrogens is 690 g/mol. The Morgan fingerprint density at radius 1 is 0.673 bits per heavy atom.